The van der Waals surface area contributed by atoms with Crippen molar-refractivity contribution in [1.82, 2.24) is 4.98 Å². The molecule has 1 aliphatic rings. The molecule has 3 aromatic carbocycles. The highest BCUT2D eigenvalue weighted by molar-refractivity contribution is 6.17. The highest BCUT2D eigenvalue weighted by Gasteiger charge is 2.23. The standard InChI is InChI=1S/C30H27N3O/c1-4-17-34-26-15-16-29-27(18-26)30(24-11-9-22(10-12-24)21(2)3)31-20-33(29)19-25-14-13-23-7-5-6-8-28(23)32-25/h1,5-16,18,21H,17,19-20H2,2-3H3. The Morgan fingerprint density at radius 3 is 2.62 bits per heavy atom. The molecule has 0 N–H and O–H groups in total. The molecule has 0 unspecified atom stereocenters. The van der Waals surface area contributed by atoms with E-state index in [4.69, 9.17) is 21.1 Å². The first-order chi connectivity index (χ1) is 16.6. The van der Waals surface area contributed by atoms with Crippen LogP contribution in [0.5, 0.6) is 5.75 Å². The van der Waals surface area contributed by atoms with Crippen LogP contribution >= 0.6 is 0 Å². The first kappa shape index (κ1) is 21.7. The van der Waals surface area contributed by atoms with Gasteiger partial charge in [-0.25, -0.2) is 0 Å². The van der Waals surface area contributed by atoms with Crippen LogP contribution in [0.15, 0.2) is 83.9 Å². The summed E-state index contributed by atoms with van der Waals surface area (Å²) in [5.41, 5.74) is 7.56. The van der Waals surface area contributed by atoms with Crippen LogP contribution in [0.1, 0.15) is 42.1 Å². The molecule has 0 saturated heterocycles. The van der Waals surface area contributed by atoms with E-state index in [2.05, 4.69) is 79.3 Å². The minimum Gasteiger partial charge on any atom is -0.481 e. The van der Waals surface area contributed by atoms with Gasteiger partial charge in [-0.3, -0.25) is 9.98 Å². The Morgan fingerprint density at radius 2 is 1.82 bits per heavy atom. The zero-order chi connectivity index (χ0) is 23.5. The van der Waals surface area contributed by atoms with E-state index in [0.717, 1.165) is 44.9 Å². The number of rotatable bonds is 6. The van der Waals surface area contributed by atoms with Crippen molar-refractivity contribution in [2.24, 2.45) is 4.99 Å². The molecule has 34 heavy (non-hydrogen) atoms. The number of aromatic nitrogens is 1. The molecular formula is C30H27N3O. The number of hydrogen-bond acceptors (Lipinski definition) is 4. The summed E-state index contributed by atoms with van der Waals surface area (Å²) in [7, 11) is 0. The Morgan fingerprint density at radius 1 is 1.00 bits per heavy atom. The van der Waals surface area contributed by atoms with Crippen molar-refractivity contribution in [3.63, 3.8) is 0 Å². The van der Waals surface area contributed by atoms with Crippen LogP contribution in [0.2, 0.25) is 0 Å². The van der Waals surface area contributed by atoms with Crippen LogP contribution in [0, 0.1) is 12.3 Å². The molecule has 2 heterocycles. The second kappa shape index (κ2) is 9.41. The third-order valence-corrected chi connectivity index (χ3v) is 6.15. The van der Waals surface area contributed by atoms with Crippen LogP contribution in [0.4, 0.5) is 5.69 Å². The van der Waals surface area contributed by atoms with Gasteiger partial charge >= 0.3 is 0 Å². The maximum Gasteiger partial charge on any atom is 0.148 e. The molecule has 168 valence electrons. The van der Waals surface area contributed by atoms with Gasteiger partial charge in [-0.2, -0.15) is 0 Å². The molecule has 1 aliphatic heterocycles. The molecule has 4 heteroatoms. The summed E-state index contributed by atoms with van der Waals surface area (Å²) in [5, 5.41) is 1.14. The zero-order valence-electron chi connectivity index (χ0n) is 19.5. The van der Waals surface area contributed by atoms with Crippen molar-refractivity contribution in [3.8, 4) is 18.1 Å². The molecule has 4 aromatic rings. The van der Waals surface area contributed by atoms with Gasteiger partial charge in [-0.15, -0.1) is 6.42 Å². The van der Waals surface area contributed by atoms with E-state index in [1.165, 1.54) is 5.56 Å². The number of para-hydroxylation sites is 1. The molecule has 0 radical (unpaired) electrons. The van der Waals surface area contributed by atoms with Gasteiger partial charge in [0.05, 0.1) is 23.5 Å². The molecule has 4 nitrogen and oxygen atoms in total. The summed E-state index contributed by atoms with van der Waals surface area (Å²) in [5.74, 6) is 3.77. The maximum absolute atomic E-state index is 5.74. The second-order valence-corrected chi connectivity index (χ2v) is 8.79. The van der Waals surface area contributed by atoms with Crippen molar-refractivity contribution in [2.45, 2.75) is 26.3 Å². The molecule has 0 amide bonds. The normalized spacial score (nSPS) is 12.9. The number of aliphatic imine (C=N–C) groups is 1. The summed E-state index contributed by atoms with van der Waals surface area (Å²) in [4.78, 5) is 12.1. The van der Waals surface area contributed by atoms with Crippen molar-refractivity contribution in [1.29, 1.82) is 0 Å². The number of ether oxygens (including phenoxy) is 1. The monoisotopic (exact) mass is 445 g/mol. The van der Waals surface area contributed by atoms with Gasteiger partial charge in [0.1, 0.15) is 19.0 Å². The molecule has 0 bridgehead atoms. The third-order valence-electron chi connectivity index (χ3n) is 6.15. The van der Waals surface area contributed by atoms with Gasteiger partial charge in [-0.1, -0.05) is 68.3 Å². The van der Waals surface area contributed by atoms with Crippen molar-refractivity contribution >= 4 is 22.3 Å². The number of terminal acetylenes is 1. The summed E-state index contributed by atoms with van der Waals surface area (Å²) in [6.45, 7) is 5.88. The highest BCUT2D eigenvalue weighted by atomic mass is 16.5. The molecule has 0 aliphatic carbocycles. The van der Waals surface area contributed by atoms with Crippen molar-refractivity contribution in [2.75, 3.05) is 18.2 Å². The van der Waals surface area contributed by atoms with Gasteiger partial charge in [0.25, 0.3) is 0 Å². The lowest BCUT2D eigenvalue weighted by Crippen LogP contribution is -2.30. The minimum absolute atomic E-state index is 0.235. The molecular weight excluding hydrogens is 418 g/mol. The van der Waals surface area contributed by atoms with Crippen LogP contribution in [0.3, 0.4) is 0 Å². The van der Waals surface area contributed by atoms with E-state index < -0.39 is 0 Å². The number of pyridine rings is 1. The average molecular weight is 446 g/mol. The molecule has 5 rings (SSSR count). The van der Waals surface area contributed by atoms with Gasteiger partial charge < -0.3 is 9.64 Å². The third kappa shape index (κ3) is 4.38. The molecule has 0 spiro atoms. The van der Waals surface area contributed by atoms with Gasteiger partial charge in [0.2, 0.25) is 0 Å². The predicted octanol–water partition coefficient (Wildman–Crippen LogP) is 6.19. The van der Waals surface area contributed by atoms with E-state index in [0.29, 0.717) is 19.1 Å². The highest BCUT2D eigenvalue weighted by Crippen LogP contribution is 2.33. The number of nitrogens with zero attached hydrogens (tertiary/aromatic N) is 3. The van der Waals surface area contributed by atoms with Crippen LogP contribution in [-0.4, -0.2) is 24.0 Å². The second-order valence-electron chi connectivity index (χ2n) is 8.79. The number of fused-ring (bicyclic) bond motifs is 2. The first-order valence-corrected chi connectivity index (χ1v) is 11.6. The number of anilines is 1. The van der Waals surface area contributed by atoms with E-state index in [1.54, 1.807) is 0 Å². The Balaban J connectivity index is 1.50. The fourth-order valence-electron chi connectivity index (χ4n) is 4.31. The van der Waals surface area contributed by atoms with Gasteiger partial charge in [0, 0.05) is 22.2 Å². The Hall–Kier alpha value is -4.10. The number of benzene rings is 3. The summed E-state index contributed by atoms with van der Waals surface area (Å²) >= 11 is 0. The van der Waals surface area contributed by atoms with Crippen LogP contribution in [0.25, 0.3) is 10.9 Å². The molecule has 0 fully saturated rings. The quantitative estimate of drug-likeness (QED) is 0.332. The van der Waals surface area contributed by atoms with E-state index in [1.807, 2.05) is 24.3 Å². The molecule has 0 saturated carbocycles. The minimum atomic E-state index is 0.235. The van der Waals surface area contributed by atoms with E-state index in [-0.39, 0.29) is 6.61 Å². The predicted molar refractivity (Wildman–Crippen MR) is 140 cm³/mol. The molecule has 1 aromatic heterocycles. The zero-order valence-corrected chi connectivity index (χ0v) is 19.5. The average Bonchev–Trinajstić information content (AvgIpc) is 2.87. The summed E-state index contributed by atoms with van der Waals surface area (Å²) in [6, 6.07) is 27.2. The lowest BCUT2D eigenvalue weighted by molar-refractivity contribution is 0.370. The Kier molecular flexibility index (Phi) is 6.01. The summed E-state index contributed by atoms with van der Waals surface area (Å²) in [6.07, 6.45) is 5.40. The molecule has 0 atom stereocenters. The van der Waals surface area contributed by atoms with Gasteiger partial charge in [0.15, 0.2) is 0 Å². The van der Waals surface area contributed by atoms with Gasteiger partial charge in [-0.05, 0) is 41.8 Å². The lowest BCUT2D eigenvalue weighted by atomic mass is 9.95. The largest absolute Gasteiger partial charge is 0.481 e. The van der Waals surface area contributed by atoms with E-state index >= 15 is 0 Å². The van der Waals surface area contributed by atoms with Crippen molar-refractivity contribution < 1.29 is 4.74 Å². The van der Waals surface area contributed by atoms with E-state index in [9.17, 15) is 0 Å². The van der Waals surface area contributed by atoms with Crippen molar-refractivity contribution in [3.05, 3.63) is 101 Å². The van der Waals surface area contributed by atoms with Crippen LogP contribution < -0.4 is 9.64 Å². The fraction of sp³-hybridized carbons (Fsp3) is 0.200. The smallest absolute Gasteiger partial charge is 0.148 e. The topological polar surface area (TPSA) is 37.7 Å². The fourth-order valence-corrected chi connectivity index (χ4v) is 4.31. The first-order valence-electron chi connectivity index (χ1n) is 11.6. The Labute approximate surface area is 200 Å². The SMILES string of the molecule is C#CCOc1ccc2c(c1)C(c1ccc(C(C)C)cc1)=NCN2Cc1ccc2ccccc2n1. The number of hydrogen-bond donors (Lipinski definition) is 0. The van der Waals surface area contributed by atoms with Crippen LogP contribution in [-0.2, 0) is 6.54 Å². The maximum atomic E-state index is 5.74. The summed E-state index contributed by atoms with van der Waals surface area (Å²) < 4.78 is 5.74. The Bertz CT molecular complexity index is 1400. The lowest BCUT2D eigenvalue weighted by Gasteiger charge is -2.30.